The van der Waals surface area contributed by atoms with E-state index in [1.165, 1.54) is 0 Å². The van der Waals surface area contributed by atoms with Gasteiger partial charge in [0.1, 0.15) is 16.8 Å². The van der Waals surface area contributed by atoms with Crippen LogP contribution in [-0.2, 0) is 0 Å². The minimum absolute atomic E-state index is 0.146. The van der Waals surface area contributed by atoms with Crippen LogP contribution in [0.15, 0.2) is 6.07 Å². The zero-order valence-electron chi connectivity index (χ0n) is 10.3. The third-order valence-corrected chi connectivity index (χ3v) is 4.10. The number of aromatic nitrogens is 2. The van der Waals surface area contributed by atoms with Gasteiger partial charge in [0, 0.05) is 12.0 Å². The van der Waals surface area contributed by atoms with Gasteiger partial charge in [-0.15, -0.1) is 0 Å². The average molecular weight is 268 g/mol. The number of anilines is 1. The lowest BCUT2D eigenvalue weighted by Gasteiger charge is -2.28. The fourth-order valence-corrected chi connectivity index (χ4v) is 2.86. The van der Waals surface area contributed by atoms with E-state index in [0.29, 0.717) is 11.1 Å². The molecule has 0 aromatic carbocycles. The maximum Gasteiger partial charge on any atom is 0.135 e. The smallest absolute Gasteiger partial charge is 0.135 e. The van der Waals surface area contributed by atoms with E-state index in [2.05, 4.69) is 15.3 Å². The largest absolute Gasteiger partial charge is 0.394 e. The zero-order valence-corrected chi connectivity index (χ0v) is 11.1. The summed E-state index contributed by atoms with van der Waals surface area (Å²) < 4.78 is 0. The van der Waals surface area contributed by atoms with Crippen molar-refractivity contribution >= 4 is 17.4 Å². The molecule has 4 nitrogen and oxygen atoms in total. The molecule has 2 aliphatic rings. The molecule has 2 aliphatic carbocycles. The van der Waals surface area contributed by atoms with E-state index in [4.69, 9.17) is 11.6 Å². The van der Waals surface area contributed by atoms with Crippen LogP contribution in [0.5, 0.6) is 0 Å². The van der Waals surface area contributed by atoms with Crippen molar-refractivity contribution in [1.82, 2.24) is 9.97 Å². The van der Waals surface area contributed by atoms with Gasteiger partial charge in [-0.3, -0.25) is 0 Å². The summed E-state index contributed by atoms with van der Waals surface area (Å²) in [6, 6.07) is 1.75. The number of rotatable bonds is 4. The number of aliphatic hydroxyl groups is 1. The van der Waals surface area contributed by atoms with Crippen LogP contribution in [0.25, 0.3) is 0 Å². The van der Waals surface area contributed by atoms with Crippen LogP contribution in [0.4, 0.5) is 5.82 Å². The molecule has 2 fully saturated rings. The summed E-state index contributed by atoms with van der Waals surface area (Å²) in [5.74, 6) is 2.09. The molecule has 5 heteroatoms. The number of halogens is 1. The van der Waals surface area contributed by atoms with Crippen molar-refractivity contribution in [1.29, 1.82) is 0 Å². The highest BCUT2D eigenvalue weighted by molar-refractivity contribution is 6.29. The Morgan fingerprint density at radius 3 is 2.67 bits per heavy atom. The first kappa shape index (κ1) is 12.2. The third-order valence-electron chi connectivity index (χ3n) is 3.91. The molecule has 0 bridgehead atoms. The Labute approximate surface area is 112 Å². The highest BCUT2D eigenvalue weighted by atomic mass is 35.5. The van der Waals surface area contributed by atoms with Gasteiger partial charge in [-0.2, -0.15) is 0 Å². The van der Waals surface area contributed by atoms with Crippen LogP contribution >= 0.6 is 11.6 Å². The minimum atomic E-state index is -0.210. The molecule has 3 rings (SSSR count). The molecule has 1 heterocycles. The Morgan fingerprint density at radius 1 is 1.33 bits per heavy atom. The maximum atomic E-state index is 9.60. The molecule has 1 aromatic rings. The van der Waals surface area contributed by atoms with E-state index < -0.39 is 0 Å². The van der Waals surface area contributed by atoms with Crippen molar-refractivity contribution in [3.63, 3.8) is 0 Å². The first-order valence-electron chi connectivity index (χ1n) is 6.64. The fourth-order valence-electron chi connectivity index (χ4n) is 2.67. The van der Waals surface area contributed by atoms with Gasteiger partial charge in [-0.05, 0) is 25.7 Å². The molecule has 2 saturated carbocycles. The SMILES string of the molecule is OCC1(Nc2cc(Cl)nc(C3CC3)n2)CCCC1. The van der Waals surface area contributed by atoms with Gasteiger partial charge in [0.2, 0.25) is 0 Å². The van der Waals surface area contributed by atoms with Crippen LogP contribution in [0.1, 0.15) is 50.3 Å². The van der Waals surface area contributed by atoms with Crippen molar-refractivity contribution in [2.75, 3.05) is 11.9 Å². The summed E-state index contributed by atoms with van der Waals surface area (Å²) in [6.07, 6.45) is 6.60. The number of aliphatic hydroxyl groups excluding tert-OH is 1. The molecule has 0 saturated heterocycles. The van der Waals surface area contributed by atoms with Crippen molar-refractivity contribution < 1.29 is 5.11 Å². The second-order valence-corrected chi connectivity index (χ2v) is 5.87. The number of hydrogen-bond donors (Lipinski definition) is 2. The van der Waals surface area contributed by atoms with E-state index >= 15 is 0 Å². The standard InChI is InChI=1S/C13H18ClN3O/c14-10-7-11(16-12(15-10)9-3-4-9)17-13(8-18)5-1-2-6-13/h7,9,18H,1-6,8H2,(H,15,16,17). The summed E-state index contributed by atoms with van der Waals surface area (Å²) in [5, 5.41) is 13.5. The highest BCUT2D eigenvalue weighted by Gasteiger charge is 2.34. The fraction of sp³-hybridized carbons (Fsp3) is 0.692. The molecule has 2 N–H and O–H groups in total. The Hall–Kier alpha value is -0.870. The average Bonchev–Trinajstić information content (AvgIpc) is 3.10. The molecule has 0 amide bonds. The summed E-state index contributed by atoms with van der Waals surface area (Å²) in [4.78, 5) is 8.81. The van der Waals surface area contributed by atoms with Gasteiger partial charge < -0.3 is 10.4 Å². The van der Waals surface area contributed by atoms with Crippen molar-refractivity contribution in [2.24, 2.45) is 0 Å². The molecular formula is C13H18ClN3O. The molecule has 18 heavy (non-hydrogen) atoms. The summed E-state index contributed by atoms with van der Waals surface area (Å²) in [5.41, 5.74) is -0.210. The van der Waals surface area contributed by atoms with Crippen LogP contribution < -0.4 is 5.32 Å². The maximum absolute atomic E-state index is 9.60. The van der Waals surface area contributed by atoms with E-state index in [1.54, 1.807) is 6.07 Å². The molecule has 1 aromatic heterocycles. The Bertz CT molecular complexity index is 442. The van der Waals surface area contributed by atoms with Gasteiger partial charge in [0.05, 0.1) is 12.1 Å². The lowest BCUT2D eigenvalue weighted by molar-refractivity contribution is 0.214. The van der Waals surface area contributed by atoms with E-state index in [0.717, 1.165) is 50.2 Å². The van der Waals surface area contributed by atoms with Crippen LogP contribution in [0, 0.1) is 0 Å². The third kappa shape index (κ3) is 2.45. The van der Waals surface area contributed by atoms with Gasteiger partial charge in [-0.1, -0.05) is 24.4 Å². The normalized spacial score (nSPS) is 22.1. The van der Waals surface area contributed by atoms with E-state index in [9.17, 15) is 5.11 Å². The molecule has 98 valence electrons. The first-order valence-corrected chi connectivity index (χ1v) is 7.02. The molecular weight excluding hydrogens is 250 g/mol. The van der Waals surface area contributed by atoms with Crippen LogP contribution in [0.3, 0.4) is 0 Å². The lowest BCUT2D eigenvalue weighted by atomic mass is 9.99. The molecule has 0 spiro atoms. The molecule has 0 aliphatic heterocycles. The number of nitrogens with zero attached hydrogens (tertiary/aromatic N) is 2. The van der Waals surface area contributed by atoms with E-state index in [1.807, 2.05) is 0 Å². The lowest BCUT2D eigenvalue weighted by Crippen LogP contribution is -2.39. The quantitative estimate of drug-likeness (QED) is 0.824. The van der Waals surface area contributed by atoms with Gasteiger partial charge in [0.15, 0.2) is 0 Å². The summed E-state index contributed by atoms with van der Waals surface area (Å²) in [7, 11) is 0. The number of nitrogens with one attached hydrogen (secondary N) is 1. The Morgan fingerprint density at radius 2 is 2.06 bits per heavy atom. The Balaban J connectivity index is 1.82. The molecule has 0 radical (unpaired) electrons. The van der Waals surface area contributed by atoms with Crippen LogP contribution in [-0.4, -0.2) is 27.2 Å². The van der Waals surface area contributed by atoms with Crippen LogP contribution in [0.2, 0.25) is 5.15 Å². The predicted molar refractivity (Wildman–Crippen MR) is 70.9 cm³/mol. The molecule has 0 unspecified atom stereocenters. The second-order valence-electron chi connectivity index (χ2n) is 5.48. The monoisotopic (exact) mass is 267 g/mol. The predicted octanol–water partition coefficient (Wildman–Crippen LogP) is 2.72. The summed E-state index contributed by atoms with van der Waals surface area (Å²) >= 11 is 6.04. The van der Waals surface area contributed by atoms with Gasteiger partial charge >= 0.3 is 0 Å². The first-order chi connectivity index (χ1) is 8.71. The summed E-state index contributed by atoms with van der Waals surface area (Å²) in [6.45, 7) is 0.146. The van der Waals surface area contributed by atoms with E-state index in [-0.39, 0.29) is 12.1 Å². The minimum Gasteiger partial charge on any atom is -0.394 e. The van der Waals surface area contributed by atoms with Gasteiger partial charge in [-0.25, -0.2) is 9.97 Å². The second kappa shape index (κ2) is 4.67. The topological polar surface area (TPSA) is 58.0 Å². The zero-order chi connectivity index (χ0) is 12.6. The Kier molecular flexibility index (Phi) is 3.16. The van der Waals surface area contributed by atoms with Crippen molar-refractivity contribution in [3.8, 4) is 0 Å². The van der Waals surface area contributed by atoms with Crippen molar-refractivity contribution in [2.45, 2.75) is 50.0 Å². The number of hydrogen-bond acceptors (Lipinski definition) is 4. The molecule has 0 atom stereocenters. The highest BCUT2D eigenvalue weighted by Crippen LogP contribution is 2.39. The van der Waals surface area contributed by atoms with Crippen molar-refractivity contribution in [3.05, 3.63) is 17.0 Å². The van der Waals surface area contributed by atoms with Gasteiger partial charge in [0.25, 0.3) is 0 Å².